The van der Waals surface area contributed by atoms with Crippen molar-refractivity contribution in [3.63, 3.8) is 0 Å². The smallest absolute Gasteiger partial charge is 0.312 e. The Kier molecular flexibility index (Phi) is 4.39. The Morgan fingerprint density at radius 1 is 1.45 bits per heavy atom. The number of piperidine rings is 1. The number of hydrogen-bond acceptors (Lipinski definition) is 4. The lowest BCUT2D eigenvalue weighted by atomic mass is 9.97. The molecule has 1 atom stereocenters. The van der Waals surface area contributed by atoms with Crippen molar-refractivity contribution >= 4 is 17.6 Å². The number of nitrogens with one attached hydrogen (secondary N) is 1. The minimum atomic E-state index is -0.534. The summed E-state index contributed by atoms with van der Waals surface area (Å²) in [6.45, 7) is 1.80. The molecule has 1 aromatic heterocycles. The third-order valence-electron chi connectivity index (χ3n) is 3.38. The van der Waals surface area contributed by atoms with Crippen LogP contribution in [0.1, 0.15) is 23.3 Å². The molecule has 7 nitrogen and oxygen atoms in total. The van der Waals surface area contributed by atoms with Gasteiger partial charge in [0.1, 0.15) is 5.69 Å². The van der Waals surface area contributed by atoms with Gasteiger partial charge in [-0.25, -0.2) is 9.78 Å². The van der Waals surface area contributed by atoms with Crippen molar-refractivity contribution in [1.29, 1.82) is 0 Å². The van der Waals surface area contributed by atoms with E-state index in [2.05, 4.69) is 10.3 Å². The first-order valence-electron chi connectivity index (χ1n) is 6.60. The molecule has 1 unspecified atom stereocenters. The molecule has 1 aliphatic rings. The van der Waals surface area contributed by atoms with Gasteiger partial charge in [-0.3, -0.25) is 4.79 Å². The van der Waals surface area contributed by atoms with E-state index in [4.69, 9.17) is 11.5 Å². The molecule has 2 heterocycles. The van der Waals surface area contributed by atoms with Gasteiger partial charge in [-0.05, 0) is 30.9 Å². The Bertz CT molecular complexity index is 488. The average molecular weight is 277 g/mol. The fourth-order valence-electron chi connectivity index (χ4n) is 2.35. The van der Waals surface area contributed by atoms with Crippen LogP contribution in [-0.2, 0) is 0 Å². The lowest BCUT2D eigenvalue weighted by molar-refractivity contribution is 0.0669. The second-order valence-corrected chi connectivity index (χ2v) is 4.98. The Labute approximate surface area is 117 Å². The monoisotopic (exact) mass is 277 g/mol. The van der Waals surface area contributed by atoms with E-state index < -0.39 is 6.03 Å². The van der Waals surface area contributed by atoms with Crippen molar-refractivity contribution in [2.75, 3.05) is 25.4 Å². The molecular formula is C13H19N5O2. The number of carbonyl (C=O) groups is 2. The predicted octanol–water partition coefficient (Wildman–Crippen LogP) is 0.184. The van der Waals surface area contributed by atoms with Gasteiger partial charge in [0.05, 0.1) is 11.9 Å². The molecular weight excluding hydrogens is 258 g/mol. The zero-order valence-corrected chi connectivity index (χ0v) is 11.2. The molecule has 1 aromatic rings. The highest BCUT2D eigenvalue weighted by Gasteiger charge is 2.25. The van der Waals surface area contributed by atoms with Crippen LogP contribution >= 0.6 is 0 Å². The quantitative estimate of drug-likeness (QED) is 0.731. The molecule has 3 amide bonds. The first-order chi connectivity index (χ1) is 9.56. The molecule has 0 spiro atoms. The molecule has 5 N–H and O–H groups in total. The molecule has 1 fully saturated rings. The minimum absolute atomic E-state index is 0.103. The molecule has 0 saturated carbocycles. The van der Waals surface area contributed by atoms with Crippen molar-refractivity contribution in [3.05, 3.63) is 24.0 Å². The second kappa shape index (κ2) is 6.23. The highest BCUT2D eigenvalue weighted by atomic mass is 16.2. The summed E-state index contributed by atoms with van der Waals surface area (Å²) in [7, 11) is 0. The number of nitrogen functional groups attached to an aromatic ring is 1. The number of likely N-dealkylation sites (tertiary alicyclic amines) is 1. The summed E-state index contributed by atoms with van der Waals surface area (Å²) >= 11 is 0. The van der Waals surface area contributed by atoms with Crippen molar-refractivity contribution in [3.8, 4) is 0 Å². The zero-order valence-electron chi connectivity index (χ0n) is 11.2. The molecule has 0 bridgehead atoms. The van der Waals surface area contributed by atoms with Crippen LogP contribution < -0.4 is 16.8 Å². The number of nitrogens with zero attached hydrogens (tertiary/aromatic N) is 2. The SMILES string of the molecule is NC(=O)NCC1CCCN(C(=O)c2ccc(N)cn2)C1. The maximum absolute atomic E-state index is 12.3. The largest absolute Gasteiger partial charge is 0.397 e. The first kappa shape index (κ1) is 14.1. The number of urea groups is 1. The van der Waals surface area contributed by atoms with E-state index in [1.807, 2.05) is 0 Å². The van der Waals surface area contributed by atoms with Crippen molar-refractivity contribution in [2.24, 2.45) is 11.7 Å². The Balaban J connectivity index is 1.96. The molecule has 20 heavy (non-hydrogen) atoms. The van der Waals surface area contributed by atoms with E-state index in [-0.39, 0.29) is 11.8 Å². The third-order valence-corrected chi connectivity index (χ3v) is 3.38. The minimum Gasteiger partial charge on any atom is -0.397 e. The zero-order chi connectivity index (χ0) is 14.5. The van der Waals surface area contributed by atoms with Crippen LogP contribution in [0, 0.1) is 5.92 Å². The van der Waals surface area contributed by atoms with Crippen LogP contribution in [0.4, 0.5) is 10.5 Å². The number of rotatable bonds is 3. The number of pyridine rings is 1. The molecule has 1 aliphatic heterocycles. The molecule has 0 aromatic carbocycles. The molecule has 1 saturated heterocycles. The van der Waals surface area contributed by atoms with Crippen LogP contribution in [0.15, 0.2) is 18.3 Å². The topological polar surface area (TPSA) is 114 Å². The number of amides is 3. The summed E-state index contributed by atoms with van der Waals surface area (Å²) in [6.07, 6.45) is 3.36. The fourth-order valence-corrected chi connectivity index (χ4v) is 2.35. The highest BCUT2D eigenvalue weighted by molar-refractivity contribution is 5.92. The molecule has 2 rings (SSSR count). The van der Waals surface area contributed by atoms with E-state index in [0.717, 1.165) is 12.8 Å². The van der Waals surface area contributed by atoms with Crippen LogP contribution in [-0.4, -0.2) is 41.5 Å². The van der Waals surface area contributed by atoms with Crippen molar-refractivity contribution < 1.29 is 9.59 Å². The molecule has 0 aliphatic carbocycles. The maximum Gasteiger partial charge on any atom is 0.312 e. The number of hydrogen-bond donors (Lipinski definition) is 3. The second-order valence-electron chi connectivity index (χ2n) is 4.98. The van der Waals surface area contributed by atoms with E-state index >= 15 is 0 Å². The Morgan fingerprint density at radius 3 is 2.90 bits per heavy atom. The van der Waals surface area contributed by atoms with E-state index in [1.54, 1.807) is 17.0 Å². The normalized spacial score (nSPS) is 18.6. The number of primary amides is 1. The van der Waals surface area contributed by atoms with Gasteiger partial charge in [-0.2, -0.15) is 0 Å². The number of nitrogens with two attached hydrogens (primary N) is 2. The Hall–Kier alpha value is -2.31. The van der Waals surface area contributed by atoms with Gasteiger partial charge in [-0.1, -0.05) is 0 Å². The van der Waals surface area contributed by atoms with Gasteiger partial charge >= 0.3 is 6.03 Å². The lowest BCUT2D eigenvalue weighted by Gasteiger charge is -2.32. The maximum atomic E-state index is 12.3. The van der Waals surface area contributed by atoms with E-state index in [0.29, 0.717) is 31.0 Å². The molecule has 108 valence electrons. The van der Waals surface area contributed by atoms with Crippen LogP contribution in [0.3, 0.4) is 0 Å². The summed E-state index contributed by atoms with van der Waals surface area (Å²) in [6, 6.07) is 2.76. The van der Waals surface area contributed by atoms with Gasteiger partial charge in [-0.15, -0.1) is 0 Å². The van der Waals surface area contributed by atoms with Gasteiger partial charge in [0.2, 0.25) is 0 Å². The number of carbonyl (C=O) groups excluding carboxylic acids is 2. The van der Waals surface area contributed by atoms with Gasteiger partial charge in [0.25, 0.3) is 5.91 Å². The van der Waals surface area contributed by atoms with Gasteiger partial charge < -0.3 is 21.7 Å². The average Bonchev–Trinajstić information content (AvgIpc) is 2.45. The van der Waals surface area contributed by atoms with Gasteiger partial charge in [0.15, 0.2) is 0 Å². The van der Waals surface area contributed by atoms with Crippen molar-refractivity contribution in [2.45, 2.75) is 12.8 Å². The molecule has 0 radical (unpaired) electrons. The third kappa shape index (κ3) is 3.59. The van der Waals surface area contributed by atoms with E-state index in [1.165, 1.54) is 6.20 Å². The summed E-state index contributed by atoms with van der Waals surface area (Å²) < 4.78 is 0. The predicted molar refractivity (Wildman–Crippen MR) is 74.9 cm³/mol. The number of aromatic nitrogens is 1. The van der Waals surface area contributed by atoms with Gasteiger partial charge in [0, 0.05) is 19.6 Å². The van der Waals surface area contributed by atoms with Crippen LogP contribution in [0.2, 0.25) is 0 Å². The first-order valence-corrected chi connectivity index (χ1v) is 6.60. The summed E-state index contributed by atoms with van der Waals surface area (Å²) in [5.74, 6) is 0.128. The number of anilines is 1. The summed E-state index contributed by atoms with van der Waals surface area (Å²) in [5, 5.41) is 2.59. The molecule has 7 heteroatoms. The van der Waals surface area contributed by atoms with Crippen LogP contribution in [0.25, 0.3) is 0 Å². The lowest BCUT2D eigenvalue weighted by Crippen LogP contribution is -2.44. The summed E-state index contributed by atoms with van der Waals surface area (Å²) in [4.78, 5) is 28.8. The fraction of sp³-hybridized carbons (Fsp3) is 0.462. The van der Waals surface area contributed by atoms with Crippen molar-refractivity contribution in [1.82, 2.24) is 15.2 Å². The standard InChI is InChI=1S/C13H19N5O2/c14-10-3-4-11(16-7-10)12(19)18-5-1-2-9(8-18)6-17-13(15)20/h3-4,7,9H,1-2,5-6,8,14H2,(H3,15,17,20). The summed E-state index contributed by atoms with van der Waals surface area (Å²) in [5.41, 5.74) is 11.5. The van der Waals surface area contributed by atoms with E-state index in [9.17, 15) is 9.59 Å². The Morgan fingerprint density at radius 2 is 2.25 bits per heavy atom. The highest BCUT2D eigenvalue weighted by Crippen LogP contribution is 2.17. The van der Waals surface area contributed by atoms with Crippen LogP contribution in [0.5, 0.6) is 0 Å².